The molecule has 192 valence electrons. The lowest BCUT2D eigenvalue weighted by Gasteiger charge is -2.25. The van der Waals surface area contributed by atoms with Crippen LogP contribution in [0, 0.1) is 6.92 Å². The van der Waals surface area contributed by atoms with Gasteiger partial charge in [0.05, 0.1) is 30.8 Å². The minimum absolute atomic E-state index is 0.0568. The van der Waals surface area contributed by atoms with Gasteiger partial charge in [0.25, 0.3) is 10.0 Å². The maximum absolute atomic E-state index is 13.6. The quantitative estimate of drug-likeness (QED) is 0.392. The molecule has 1 amide bonds. The fourth-order valence-electron chi connectivity index (χ4n) is 3.37. The molecular weight excluding hydrogens is 504 g/mol. The summed E-state index contributed by atoms with van der Waals surface area (Å²) < 4.78 is 44.5. The van der Waals surface area contributed by atoms with E-state index in [1.165, 1.54) is 44.6 Å². The number of halogens is 1. The maximum atomic E-state index is 13.6. The summed E-state index contributed by atoms with van der Waals surface area (Å²) >= 11 is 6.00. The first-order valence-corrected chi connectivity index (χ1v) is 12.9. The third-order valence-electron chi connectivity index (χ3n) is 5.27. The summed E-state index contributed by atoms with van der Waals surface area (Å²) in [5.41, 5.74) is 1.40. The van der Waals surface area contributed by atoms with Crippen molar-refractivity contribution < 1.29 is 27.4 Å². The second-order valence-electron chi connectivity index (χ2n) is 8.10. The highest BCUT2D eigenvalue weighted by Crippen LogP contribution is 2.32. The second kappa shape index (κ2) is 12.0. The number of hydrogen-bond donors (Lipinski definition) is 1. The summed E-state index contributed by atoms with van der Waals surface area (Å²) in [6, 6.07) is 17.6. The molecule has 8 nitrogen and oxygen atoms in total. The summed E-state index contributed by atoms with van der Waals surface area (Å²) in [5.74, 6) is 0.824. The van der Waals surface area contributed by atoms with Gasteiger partial charge >= 0.3 is 0 Å². The lowest BCUT2D eigenvalue weighted by molar-refractivity contribution is -0.120. The number of hydrogen-bond acceptors (Lipinski definition) is 6. The highest BCUT2D eigenvalue weighted by atomic mass is 35.5. The maximum Gasteiger partial charge on any atom is 0.264 e. The second-order valence-corrected chi connectivity index (χ2v) is 10.4. The van der Waals surface area contributed by atoms with Crippen LogP contribution in [0.15, 0.2) is 71.6 Å². The number of carbonyl (C=O) groups excluding carboxylic acids is 1. The van der Waals surface area contributed by atoms with Crippen LogP contribution in [0.3, 0.4) is 0 Å². The Morgan fingerprint density at radius 3 is 2.22 bits per heavy atom. The fourth-order valence-corrected chi connectivity index (χ4v) is 4.94. The van der Waals surface area contributed by atoms with Gasteiger partial charge in [-0.15, -0.1) is 0 Å². The van der Waals surface area contributed by atoms with Crippen LogP contribution in [0.1, 0.15) is 12.5 Å². The summed E-state index contributed by atoms with van der Waals surface area (Å²) in [6.07, 6.45) is 0. The van der Waals surface area contributed by atoms with Crippen LogP contribution in [0.2, 0.25) is 5.02 Å². The predicted octanol–water partition coefficient (Wildman–Crippen LogP) is 4.44. The number of sulfonamides is 1. The first-order chi connectivity index (χ1) is 17.1. The van der Waals surface area contributed by atoms with Crippen molar-refractivity contribution in [1.29, 1.82) is 0 Å². The van der Waals surface area contributed by atoms with E-state index in [1.807, 2.05) is 31.2 Å². The molecule has 0 aliphatic heterocycles. The number of benzene rings is 3. The van der Waals surface area contributed by atoms with E-state index < -0.39 is 22.5 Å². The predicted molar refractivity (Wildman–Crippen MR) is 140 cm³/mol. The van der Waals surface area contributed by atoms with E-state index in [9.17, 15) is 13.2 Å². The Kier molecular flexibility index (Phi) is 9.06. The average Bonchev–Trinajstić information content (AvgIpc) is 2.87. The molecule has 0 aliphatic rings. The third kappa shape index (κ3) is 6.83. The molecule has 0 saturated heterocycles. The Balaban J connectivity index is 1.80. The van der Waals surface area contributed by atoms with Crippen molar-refractivity contribution in [3.63, 3.8) is 0 Å². The number of carbonyl (C=O) groups is 1. The van der Waals surface area contributed by atoms with Crippen LogP contribution in [0.5, 0.6) is 17.2 Å². The van der Waals surface area contributed by atoms with Crippen molar-refractivity contribution in [2.75, 3.05) is 31.7 Å². The van der Waals surface area contributed by atoms with E-state index in [2.05, 4.69) is 5.32 Å². The van der Waals surface area contributed by atoms with Gasteiger partial charge in [-0.3, -0.25) is 9.10 Å². The van der Waals surface area contributed by atoms with Gasteiger partial charge in [0, 0.05) is 11.1 Å². The molecule has 1 unspecified atom stereocenters. The molecule has 0 spiro atoms. The lowest BCUT2D eigenvalue weighted by Crippen LogP contribution is -2.45. The topological polar surface area (TPSA) is 94.2 Å². The number of aryl methyl sites for hydroxylation is 1. The van der Waals surface area contributed by atoms with E-state index in [4.69, 9.17) is 25.8 Å². The first-order valence-electron chi connectivity index (χ1n) is 11.1. The van der Waals surface area contributed by atoms with Gasteiger partial charge in [0.15, 0.2) is 11.5 Å². The molecule has 36 heavy (non-hydrogen) atoms. The fraction of sp³-hybridized carbons (Fsp3) is 0.269. The number of anilines is 1. The average molecular weight is 533 g/mol. The molecule has 1 atom stereocenters. The van der Waals surface area contributed by atoms with Crippen molar-refractivity contribution in [2.45, 2.75) is 24.8 Å². The molecule has 1 N–H and O–H groups in total. The molecule has 0 bridgehead atoms. The summed E-state index contributed by atoms with van der Waals surface area (Å²) in [6.45, 7) is 3.53. The zero-order valence-corrected chi connectivity index (χ0v) is 22.1. The monoisotopic (exact) mass is 532 g/mol. The lowest BCUT2D eigenvalue weighted by atomic mass is 10.2. The van der Waals surface area contributed by atoms with Crippen molar-refractivity contribution >= 4 is 33.2 Å². The SMILES string of the molecule is COc1ccc(S(=O)(=O)N(CC(=O)NC(C)COc2ccc(C)cc2)c2ccc(Cl)cc2)cc1OC. The standard InChI is InChI=1S/C26H29ClN2O6S/c1-18-5-11-22(12-6-18)35-17-19(2)28-26(30)16-29(21-9-7-20(27)8-10-21)36(31,32)23-13-14-24(33-3)25(15-23)34-4/h5-15,19H,16-17H2,1-4H3,(H,28,30). The van der Waals surface area contributed by atoms with E-state index in [0.717, 1.165) is 9.87 Å². The van der Waals surface area contributed by atoms with Crippen LogP contribution in [-0.2, 0) is 14.8 Å². The number of methoxy groups -OCH3 is 2. The molecule has 0 aromatic heterocycles. The molecule has 0 radical (unpaired) electrons. The molecular formula is C26H29ClN2O6S. The number of amides is 1. The Morgan fingerprint density at radius 2 is 1.61 bits per heavy atom. The Hall–Kier alpha value is -3.43. The Morgan fingerprint density at radius 1 is 0.972 bits per heavy atom. The molecule has 0 aliphatic carbocycles. The summed E-state index contributed by atoms with van der Waals surface area (Å²) in [4.78, 5) is 12.9. The van der Waals surface area contributed by atoms with Gasteiger partial charge in [0.1, 0.15) is 18.9 Å². The van der Waals surface area contributed by atoms with Crippen molar-refractivity contribution in [3.05, 3.63) is 77.3 Å². The van der Waals surface area contributed by atoms with Gasteiger partial charge in [-0.05, 0) is 62.4 Å². The Labute approximate surface area is 216 Å². The number of ether oxygens (including phenoxy) is 3. The zero-order valence-electron chi connectivity index (χ0n) is 20.5. The van der Waals surface area contributed by atoms with Gasteiger partial charge < -0.3 is 19.5 Å². The van der Waals surface area contributed by atoms with E-state index >= 15 is 0 Å². The minimum atomic E-state index is -4.15. The van der Waals surface area contributed by atoms with E-state index in [-0.39, 0.29) is 29.0 Å². The normalized spacial score (nSPS) is 11.9. The van der Waals surface area contributed by atoms with Crippen LogP contribution in [-0.4, -0.2) is 47.7 Å². The highest BCUT2D eigenvalue weighted by Gasteiger charge is 2.28. The molecule has 10 heteroatoms. The number of nitrogens with one attached hydrogen (secondary N) is 1. The summed E-state index contributed by atoms with van der Waals surface area (Å²) in [5, 5.41) is 3.24. The molecule has 3 aromatic rings. The van der Waals surface area contributed by atoms with E-state index in [0.29, 0.717) is 16.5 Å². The minimum Gasteiger partial charge on any atom is -0.493 e. The number of rotatable bonds is 11. The number of nitrogens with zero attached hydrogens (tertiary/aromatic N) is 1. The highest BCUT2D eigenvalue weighted by molar-refractivity contribution is 7.92. The van der Waals surface area contributed by atoms with Crippen LogP contribution in [0.25, 0.3) is 0 Å². The zero-order chi connectivity index (χ0) is 26.3. The molecule has 3 rings (SSSR count). The van der Waals surface area contributed by atoms with Crippen LogP contribution >= 0.6 is 11.6 Å². The molecule has 0 fully saturated rings. The smallest absolute Gasteiger partial charge is 0.264 e. The largest absolute Gasteiger partial charge is 0.493 e. The van der Waals surface area contributed by atoms with Crippen molar-refractivity contribution in [1.82, 2.24) is 5.32 Å². The molecule has 0 heterocycles. The van der Waals surface area contributed by atoms with Gasteiger partial charge in [-0.25, -0.2) is 8.42 Å². The van der Waals surface area contributed by atoms with Crippen molar-refractivity contribution in [3.8, 4) is 17.2 Å². The third-order valence-corrected chi connectivity index (χ3v) is 7.30. The van der Waals surface area contributed by atoms with Gasteiger partial charge in [-0.1, -0.05) is 29.3 Å². The molecule has 3 aromatic carbocycles. The van der Waals surface area contributed by atoms with Gasteiger partial charge in [0.2, 0.25) is 5.91 Å². The first kappa shape index (κ1) is 27.2. The Bertz CT molecular complexity index is 1280. The summed E-state index contributed by atoms with van der Waals surface area (Å²) in [7, 11) is -1.28. The van der Waals surface area contributed by atoms with Crippen LogP contribution in [0.4, 0.5) is 5.69 Å². The van der Waals surface area contributed by atoms with Gasteiger partial charge in [-0.2, -0.15) is 0 Å². The molecule has 0 saturated carbocycles. The van der Waals surface area contributed by atoms with Crippen molar-refractivity contribution in [2.24, 2.45) is 0 Å². The van der Waals surface area contributed by atoms with E-state index in [1.54, 1.807) is 19.1 Å². The van der Waals surface area contributed by atoms with Crippen LogP contribution < -0.4 is 23.8 Å².